The van der Waals surface area contributed by atoms with E-state index in [2.05, 4.69) is 4.98 Å². The first kappa shape index (κ1) is 11.0. The second kappa shape index (κ2) is 3.60. The van der Waals surface area contributed by atoms with E-state index in [-0.39, 0.29) is 5.69 Å². The summed E-state index contributed by atoms with van der Waals surface area (Å²) in [6, 6.07) is 9.56. The average molecular weight is 266 g/mol. The van der Waals surface area contributed by atoms with Crippen LogP contribution < -0.4 is 0 Å². The van der Waals surface area contributed by atoms with E-state index in [9.17, 15) is 14.0 Å². The molecule has 0 amide bonds. The lowest BCUT2D eigenvalue weighted by Gasteiger charge is -2.13. The highest BCUT2D eigenvalue weighted by atomic mass is 19.1. The molecule has 0 N–H and O–H groups in total. The molecule has 1 aliphatic rings. The number of fused-ring (bicyclic) bond motifs is 5. The summed E-state index contributed by atoms with van der Waals surface area (Å²) in [5, 5.41) is 0. The Balaban J connectivity index is 2.18. The van der Waals surface area contributed by atoms with Crippen LogP contribution >= 0.6 is 0 Å². The van der Waals surface area contributed by atoms with Crippen LogP contribution in [0.5, 0.6) is 0 Å². The number of benzene rings is 1. The van der Waals surface area contributed by atoms with Gasteiger partial charge in [-0.1, -0.05) is 24.3 Å². The third-order valence-electron chi connectivity index (χ3n) is 3.43. The molecule has 2 heterocycles. The Hall–Kier alpha value is -2.82. The molecule has 4 rings (SSSR count). The summed E-state index contributed by atoms with van der Waals surface area (Å²) in [6.07, 6.45) is 1.17. The lowest BCUT2D eigenvalue weighted by molar-refractivity contribution is 0.0812. The Morgan fingerprint density at radius 1 is 0.950 bits per heavy atom. The van der Waals surface area contributed by atoms with Gasteiger partial charge in [-0.05, 0) is 12.1 Å². The molecule has 5 heteroatoms. The van der Waals surface area contributed by atoms with Crippen molar-refractivity contribution in [3.63, 3.8) is 0 Å². The molecule has 0 aliphatic heterocycles. The number of carbonyl (C=O) groups is 2. The number of imidazole rings is 1. The highest BCUT2D eigenvalue weighted by Gasteiger charge is 2.34. The third kappa shape index (κ3) is 1.26. The predicted octanol–water partition coefficient (Wildman–Crippen LogP) is 2.52. The molecular formula is C15H7FN2O2. The maximum absolute atomic E-state index is 13.4. The maximum atomic E-state index is 13.4. The van der Waals surface area contributed by atoms with Gasteiger partial charge in [0.25, 0.3) is 5.78 Å². The van der Waals surface area contributed by atoms with Crippen LogP contribution in [0.3, 0.4) is 0 Å². The summed E-state index contributed by atoms with van der Waals surface area (Å²) in [4.78, 5) is 28.7. The smallest absolute Gasteiger partial charge is 0.252 e. The Morgan fingerprint density at radius 2 is 1.70 bits per heavy atom. The molecule has 3 aromatic rings. The summed E-state index contributed by atoms with van der Waals surface area (Å²) in [7, 11) is 0. The van der Waals surface area contributed by atoms with E-state index < -0.39 is 17.4 Å². The van der Waals surface area contributed by atoms with Crippen molar-refractivity contribution >= 4 is 17.2 Å². The van der Waals surface area contributed by atoms with Gasteiger partial charge in [0.2, 0.25) is 5.78 Å². The molecule has 2 aromatic heterocycles. The normalized spacial score (nSPS) is 13.4. The van der Waals surface area contributed by atoms with E-state index in [1.807, 2.05) is 0 Å². The van der Waals surface area contributed by atoms with Crippen molar-refractivity contribution in [2.75, 3.05) is 0 Å². The first-order valence-electron chi connectivity index (χ1n) is 6.03. The number of hydrogen-bond donors (Lipinski definition) is 0. The van der Waals surface area contributed by atoms with Crippen LogP contribution in [-0.2, 0) is 0 Å². The second-order valence-electron chi connectivity index (χ2n) is 4.59. The number of nitrogens with zero attached hydrogens (tertiary/aromatic N) is 2. The lowest BCUT2D eigenvalue weighted by atomic mass is 9.90. The zero-order valence-corrected chi connectivity index (χ0v) is 10.1. The third-order valence-corrected chi connectivity index (χ3v) is 3.43. The van der Waals surface area contributed by atoms with Crippen LogP contribution in [0.2, 0.25) is 0 Å². The van der Waals surface area contributed by atoms with Crippen molar-refractivity contribution in [3.8, 4) is 11.3 Å². The minimum Gasteiger partial charge on any atom is -0.293 e. The molecule has 1 aromatic carbocycles. The zero-order chi connectivity index (χ0) is 13.9. The Kier molecular flexibility index (Phi) is 1.99. The molecule has 0 bridgehead atoms. The summed E-state index contributed by atoms with van der Waals surface area (Å²) < 4.78 is 14.7. The monoisotopic (exact) mass is 266 g/mol. The van der Waals surface area contributed by atoms with Gasteiger partial charge >= 0.3 is 0 Å². The molecule has 0 atom stereocenters. The van der Waals surface area contributed by atoms with Gasteiger partial charge in [0.05, 0.1) is 0 Å². The van der Waals surface area contributed by atoms with Crippen molar-refractivity contribution in [1.82, 2.24) is 9.38 Å². The summed E-state index contributed by atoms with van der Waals surface area (Å²) >= 11 is 0. The molecular weight excluding hydrogens is 259 g/mol. The van der Waals surface area contributed by atoms with E-state index in [4.69, 9.17) is 0 Å². The quantitative estimate of drug-likeness (QED) is 0.587. The van der Waals surface area contributed by atoms with Crippen molar-refractivity contribution in [2.45, 2.75) is 0 Å². The standard InChI is InChI=1S/C15H7FN2O2/c16-8-5-6-11-17-12-9-3-1-2-4-10(9)14(19)15(20)13(12)18(11)7-8/h1-7H. The molecule has 1 aliphatic carbocycles. The molecule has 0 saturated carbocycles. The van der Waals surface area contributed by atoms with Crippen molar-refractivity contribution < 1.29 is 14.0 Å². The topological polar surface area (TPSA) is 51.4 Å². The fraction of sp³-hybridized carbons (Fsp3) is 0. The molecule has 96 valence electrons. The van der Waals surface area contributed by atoms with E-state index >= 15 is 0 Å². The van der Waals surface area contributed by atoms with Crippen LogP contribution in [0.25, 0.3) is 16.9 Å². The summed E-state index contributed by atoms with van der Waals surface area (Å²) in [5.41, 5.74) is 1.94. The van der Waals surface area contributed by atoms with Gasteiger partial charge in [-0.15, -0.1) is 0 Å². The highest BCUT2D eigenvalue weighted by molar-refractivity contribution is 6.52. The fourth-order valence-corrected chi connectivity index (χ4v) is 2.54. The SMILES string of the molecule is O=C1C(=O)c2c(nc3ccc(F)cn23)-c2ccccc21. The summed E-state index contributed by atoms with van der Waals surface area (Å²) in [6.45, 7) is 0. The van der Waals surface area contributed by atoms with Crippen molar-refractivity contribution in [3.05, 3.63) is 59.7 Å². The van der Waals surface area contributed by atoms with Crippen LogP contribution in [-0.4, -0.2) is 21.0 Å². The number of rotatable bonds is 0. The van der Waals surface area contributed by atoms with Crippen LogP contribution in [0.4, 0.5) is 4.39 Å². The molecule has 0 fully saturated rings. The van der Waals surface area contributed by atoms with Gasteiger partial charge in [0.1, 0.15) is 22.9 Å². The van der Waals surface area contributed by atoms with Crippen LogP contribution in [0, 0.1) is 5.82 Å². The highest BCUT2D eigenvalue weighted by Crippen LogP contribution is 2.33. The number of ketones is 2. The molecule has 0 radical (unpaired) electrons. The lowest BCUT2D eigenvalue weighted by Crippen LogP contribution is -2.22. The molecule has 0 saturated heterocycles. The van der Waals surface area contributed by atoms with Gasteiger partial charge < -0.3 is 0 Å². The molecule has 20 heavy (non-hydrogen) atoms. The second-order valence-corrected chi connectivity index (χ2v) is 4.59. The number of aromatic nitrogens is 2. The minimum absolute atomic E-state index is 0.128. The fourth-order valence-electron chi connectivity index (χ4n) is 2.54. The van der Waals surface area contributed by atoms with Gasteiger partial charge in [0, 0.05) is 17.3 Å². The molecule has 0 spiro atoms. The van der Waals surface area contributed by atoms with E-state index in [0.717, 1.165) is 0 Å². The maximum Gasteiger partial charge on any atom is 0.252 e. The predicted molar refractivity (Wildman–Crippen MR) is 69.2 cm³/mol. The number of pyridine rings is 1. The molecule has 0 unspecified atom stereocenters. The number of Topliss-reactive ketones (excluding diaryl/α,β-unsaturated/α-hetero) is 2. The Labute approximate surface area is 112 Å². The first-order valence-corrected chi connectivity index (χ1v) is 6.03. The first-order chi connectivity index (χ1) is 9.66. The summed E-state index contributed by atoms with van der Waals surface area (Å²) in [5.74, 6) is -1.73. The molecule has 4 nitrogen and oxygen atoms in total. The number of halogens is 1. The number of hydrogen-bond acceptors (Lipinski definition) is 3. The van der Waals surface area contributed by atoms with Crippen molar-refractivity contribution in [2.24, 2.45) is 0 Å². The van der Waals surface area contributed by atoms with E-state index in [1.54, 1.807) is 24.3 Å². The Bertz CT molecular complexity index is 911. The van der Waals surface area contributed by atoms with Crippen molar-refractivity contribution in [1.29, 1.82) is 0 Å². The average Bonchev–Trinajstić information content (AvgIpc) is 2.83. The van der Waals surface area contributed by atoms with Gasteiger partial charge in [-0.3, -0.25) is 14.0 Å². The Morgan fingerprint density at radius 3 is 2.50 bits per heavy atom. The van der Waals surface area contributed by atoms with Gasteiger partial charge in [-0.2, -0.15) is 0 Å². The zero-order valence-electron chi connectivity index (χ0n) is 10.1. The van der Waals surface area contributed by atoms with E-state index in [0.29, 0.717) is 22.5 Å². The van der Waals surface area contributed by atoms with Gasteiger partial charge in [-0.25, -0.2) is 9.37 Å². The van der Waals surface area contributed by atoms with E-state index in [1.165, 1.54) is 22.7 Å². The van der Waals surface area contributed by atoms with Gasteiger partial charge in [0.15, 0.2) is 0 Å². The minimum atomic E-state index is -0.656. The van der Waals surface area contributed by atoms with Crippen LogP contribution in [0.15, 0.2) is 42.6 Å². The largest absolute Gasteiger partial charge is 0.293 e. The number of carbonyl (C=O) groups excluding carboxylic acids is 2. The van der Waals surface area contributed by atoms with Crippen LogP contribution in [0.1, 0.15) is 20.8 Å².